The van der Waals surface area contributed by atoms with Crippen LogP contribution in [0.15, 0.2) is 48.7 Å². The van der Waals surface area contributed by atoms with E-state index < -0.39 is 5.54 Å². The standard InChI is InChI=1S/C23H27N3O3/c1-29-19-9-6-7-17(13-19)20-15-26(22(28)14-18-8-3-5-12-24-18)16-23(20)11-4-2-10-21(27)25-23/h3,5-9,12-13,20H,2,4,10-11,14-16H2,1H3,(H,25,27)/t20-,23+/m0/s1. The molecule has 2 amide bonds. The van der Waals surface area contributed by atoms with Crippen LogP contribution in [0.4, 0.5) is 0 Å². The molecule has 152 valence electrons. The second kappa shape index (κ2) is 8.23. The van der Waals surface area contributed by atoms with Gasteiger partial charge in [-0.3, -0.25) is 14.6 Å². The van der Waals surface area contributed by atoms with Gasteiger partial charge >= 0.3 is 0 Å². The van der Waals surface area contributed by atoms with Gasteiger partial charge in [-0.25, -0.2) is 0 Å². The van der Waals surface area contributed by atoms with Gasteiger partial charge in [0.05, 0.1) is 19.1 Å². The number of nitrogens with one attached hydrogen (secondary N) is 1. The topological polar surface area (TPSA) is 71.5 Å². The van der Waals surface area contributed by atoms with E-state index in [-0.39, 0.29) is 24.2 Å². The van der Waals surface area contributed by atoms with Crippen LogP contribution >= 0.6 is 0 Å². The molecule has 2 aromatic rings. The first kappa shape index (κ1) is 19.4. The molecule has 29 heavy (non-hydrogen) atoms. The van der Waals surface area contributed by atoms with Crippen LogP contribution in [-0.4, -0.2) is 47.4 Å². The van der Waals surface area contributed by atoms with Crippen LogP contribution in [0.25, 0.3) is 0 Å². The number of benzene rings is 1. The van der Waals surface area contributed by atoms with Gasteiger partial charge in [0.2, 0.25) is 11.8 Å². The lowest BCUT2D eigenvalue weighted by molar-refractivity contribution is -0.130. The van der Waals surface area contributed by atoms with Gasteiger partial charge < -0.3 is 15.0 Å². The number of carbonyl (C=O) groups is 2. The van der Waals surface area contributed by atoms with Crippen LogP contribution in [-0.2, 0) is 16.0 Å². The van der Waals surface area contributed by atoms with Crippen molar-refractivity contribution in [3.05, 3.63) is 59.9 Å². The molecular formula is C23H27N3O3. The summed E-state index contributed by atoms with van der Waals surface area (Å²) in [6.07, 6.45) is 5.26. The molecule has 1 spiro atoms. The van der Waals surface area contributed by atoms with Gasteiger partial charge in [-0.05, 0) is 42.7 Å². The predicted octanol–water partition coefficient (Wildman–Crippen LogP) is 2.69. The molecular weight excluding hydrogens is 366 g/mol. The molecule has 0 saturated carbocycles. The summed E-state index contributed by atoms with van der Waals surface area (Å²) in [5.74, 6) is 0.949. The molecule has 2 aliphatic heterocycles. The number of pyridine rings is 1. The van der Waals surface area contributed by atoms with Crippen molar-refractivity contribution in [3.63, 3.8) is 0 Å². The minimum absolute atomic E-state index is 0.0346. The molecule has 4 rings (SSSR count). The first-order chi connectivity index (χ1) is 14.1. The Balaban J connectivity index is 1.63. The van der Waals surface area contributed by atoms with E-state index in [1.165, 1.54) is 0 Å². The number of nitrogens with zero attached hydrogens (tertiary/aromatic N) is 2. The molecule has 0 aliphatic carbocycles. The summed E-state index contributed by atoms with van der Waals surface area (Å²) in [4.78, 5) is 31.7. The molecule has 2 aliphatic rings. The Morgan fingerprint density at radius 3 is 2.97 bits per heavy atom. The van der Waals surface area contributed by atoms with Gasteiger partial charge in [-0.2, -0.15) is 0 Å². The van der Waals surface area contributed by atoms with Crippen molar-refractivity contribution in [3.8, 4) is 5.75 Å². The molecule has 0 radical (unpaired) electrons. The van der Waals surface area contributed by atoms with Gasteiger partial charge in [-0.15, -0.1) is 0 Å². The number of likely N-dealkylation sites (tertiary alicyclic amines) is 1. The van der Waals surface area contributed by atoms with E-state index in [0.29, 0.717) is 19.5 Å². The molecule has 1 N–H and O–H groups in total. The van der Waals surface area contributed by atoms with Gasteiger partial charge in [0, 0.05) is 37.3 Å². The Hall–Kier alpha value is -2.89. The minimum Gasteiger partial charge on any atom is -0.497 e. The van der Waals surface area contributed by atoms with Crippen LogP contribution in [0.2, 0.25) is 0 Å². The van der Waals surface area contributed by atoms with Gasteiger partial charge in [-0.1, -0.05) is 24.6 Å². The first-order valence-electron chi connectivity index (χ1n) is 10.2. The van der Waals surface area contributed by atoms with Crippen LogP contribution < -0.4 is 10.1 Å². The Bertz CT molecular complexity index is 886. The van der Waals surface area contributed by atoms with E-state index in [1.54, 1.807) is 13.3 Å². The molecule has 0 bridgehead atoms. The lowest BCUT2D eigenvalue weighted by atomic mass is 9.79. The lowest BCUT2D eigenvalue weighted by Gasteiger charge is -2.34. The Labute approximate surface area is 171 Å². The van der Waals surface area contributed by atoms with Crippen LogP contribution in [0.3, 0.4) is 0 Å². The van der Waals surface area contributed by atoms with E-state index >= 15 is 0 Å². The zero-order valence-electron chi connectivity index (χ0n) is 16.8. The summed E-state index contributed by atoms with van der Waals surface area (Å²) in [5.41, 5.74) is 1.43. The van der Waals surface area contributed by atoms with E-state index in [0.717, 1.165) is 36.3 Å². The predicted molar refractivity (Wildman–Crippen MR) is 110 cm³/mol. The zero-order valence-corrected chi connectivity index (χ0v) is 16.8. The van der Waals surface area contributed by atoms with Crippen molar-refractivity contribution in [2.45, 2.75) is 43.6 Å². The number of rotatable bonds is 4. The highest BCUT2D eigenvalue weighted by Crippen LogP contribution is 2.41. The molecule has 3 heterocycles. The van der Waals surface area contributed by atoms with Gasteiger partial charge in [0.1, 0.15) is 5.75 Å². The number of hydrogen-bond acceptors (Lipinski definition) is 4. The summed E-state index contributed by atoms with van der Waals surface area (Å²) in [6, 6.07) is 13.6. The smallest absolute Gasteiger partial charge is 0.228 e. The highest BCUT2D eigenvalue weighted by molar-refractivity contribution is 5.80. The van der Waals surface area contributed by atoms with Crippen molar-refractivity contribution >= 4 is 11.8 Å². The quantitative estimate of drug-likeness (QED) is 0.867. The molecule has 6 nitrogen and oxygen atoms in total. The van der Waals surface area contributed by atoms with Crippen molar-refractivity contribution in [1.82, 2.24) is 15.2 Å². The third-order valence-corrected chi connectivity index (χ3v) is 6.12. The van der Waals surface area contributed by atoms with Crippen LogP contribution in [0, 0.1) is 0 Å². The summed E-state index contributed by atoms with van der Waals surface area (Å²) < 4.78 is 5.41. The third kappa shape index (κ3) is 4.11. The molecule has 2 saturated heterocycles. The van der Waals surface area contributed by atoms with Crippen molar-refractivity contribution < 1.29 is 14.3 Å². The summed E-state index contributed by atoms with van der Waals surface area (Å²) in [7, 11) is 1.65. The Morgan fingerprint density at radius 2 is 2.17 bits per heavy atom. The molecule has 0 unspecified atom stereocenters. The number of methoxy groups -OCH3 is 1. The van der Waals surface area contributed by atoms with Crippen LogP contribution in [0.5, 0.6) is 5.75 Å². The lowest BCUT2D eigenvalue weighted by Crippen LogP contribution is -2.52. The number of aromatic nitrogens is 1. The third-order valence-electron chi connectivity index (χ3n) is 6.12. The fourth-order valence-corrected chi connectivity index (χ4v) is 4.66. The second-order valence-corrected chi connectivity index (χ2v) is 8.01. The molecule has 2 fully saturated rings. The number of carbonyl (C=O) groups excluding carboxylic acids is 2. The largest absolute Gasteiger partial charge is 0.497 e. The summed E-state index contributed by atoms with van der Waals surface area (Å²) in [5, 5.41) is 3.30. The molecule has 6 heteroatoms. The van der Waals surface area contributed by atoms with Gasteiger partial charge in [0.25, 0.3) is 0 Å². The SMILES string of the molecule is COc1cccc([C@@H]2CN(C(=O)Cc3ccccn3)C[C@]23CCCCC(=O)N3)c1. The summed E-state index contributed by atoms with van der Waals surface area (Å²) >= 11 is 0. The van der Waals surface area contributed by atoms with Crippen molar-refractivity contribution in [1.29, 1.82) is 0 Å². The maximum atomic E-state index is 13.1. The molecule has 1 aromatic carbocycles. The summed E-state index contributed by atoms with van der Waals surface area (Å²) in [6.45, 7) is 1.12. The maximum Gasteiger partial charge on any atom is 0.228 e. The highest BCUT2D eigenvalue weighted by atomic mass is 16.5. The normalized spacial score (nSPS) is 24.2. The fourth-order valence-electron chi connectivity index (χ4n) is 4.66. The molecule has 2 atom stereocenters. The minimum atomic E-state index is -0.431. The van der Waals surface area contributed by atoms with Crippen LogP contribution in [0.1, 0.15) is 42.9 Å². The van der Waals surface area contributed by atoms with Crippen molar-refractivity contribution in [2.24, 2.45) is 0 Å². The monoisotopic (exact) mass is 393 g/mol. The van der Waals surface area contributed by atoms with E-state index in [2.05, 4.69) is 16.4 Å². The average molecular weight is 393 g/mol. The second-order valence-electron chi connectivity index (χ2n) is 8.01. The zero-order chi connectivity index (χ0) is 20.3. The highest BCUT2D eigenvalue weighted by Gasteiger charge is 2.49. The van der Waals surface area contributed by atoms with Gasteiger partial charge in [0.15, 0.2) is 0 Å². The Morgan fingerprint density at radius 1 is 1.28 bits per heavy atom. The number of hydrogen-bond donors (Lipinski definition) is 1. The van der Waals surface area contributed by atoms with E-state index in [4.69, 9.17) is 4.74 Å². The molecule has 1 aromatic heterocycles. The number of ether oxygens (including phenoxy) is 1. The first-order valence-corrected chi connectivity index (χ1v) is 10.2. The fraction of sp³-hybridized carbons (Fsp3) is 0.435. The van der Waals surface area contributed by atoms with Crippen molar-refractivity contribution in [2.75, 3.05) is 20.2 Å². The average Bonchev–Trinajstić information content (AvgIpc) is 3.00. The van der Waals surface area contributed by atoms with E-state index in [1.807, 2.05) is 41.3 Å². The maximum absolute atomic E-state index is 13.1. The number of amides is 2. The Kier molecular flexibility index (Phi) is 5.51. The van der Waals surface area contributed by atoms with E-state index in [9.17, 15) is 9.59 Å².